The van der Waals surface area contributed by atoms with Gasteiger partial charge in [-0.1, -0.05) is 30.3 Å². The maximum atomic E-state index is 11.8. The molecule has 0 bridgehead atoms. The van der Waals surface area contributed by atoms with Gasteiger partial charge in [0.05, 0.1) is 0 Å². The average molecular weight is 288 g/mol. The number of hydrogen-bond donors (Lipinski definition) is 2. The Labute approximate surface area is 121 Å². The molecule has 0 radical (unpaired) electrons. The Morgan fingerprint density at radius 2 is 1.95 bits per heavy atom. The summed E-state index contributed by atoms with van der Waals surface area (Å²) in [6, 6.07) is 9.37. The van der Waals surface area contributed by atoms with Gasteiger partial charge in [-0.3, -0.25) is 4.79 Å². The fourth-order valence-electron chi connectivity index (χ4n) is 1.68. The minimum Gasteiger partial charge on any atom is -0.480 e. The molecule has 0 aliphatic heterocycles. The standard InChI is InChI=1S/C14H16N4O3/c1-14(2,13(20)21)16-11(19)8-18-9-15-12(17-18)10-6-4-3-5-7-10/h3-7,9H,8H2,1-2H3,(H,16,19)(H,20,21). The lowest BCUT2D eigenvalue weighted by atomic mass is 10.1. The molecule has 7 nitrogen and oxygen atoms in total. The maximum absolute atomic E-state index is 11.8. The Kier molecular flexibility index (Phi) is 4.02. The maximum Gasteiger partial charge on any atom is 0.328 e. The van der Waals surface area contributed by atoms with Crippen LogP contribution in [0.2, 0.25) is 0 Å². The summed E-state index contributed by atoms with van der Waals surface area (Å²) in [4.78, 5) is 26.9. The highest BCUT2D eigenvalue weighted by molar-refractivity contribution is 5.86. The van der Waals surface area contributed by atoms with Crippen molar-refractivity contribution in [2.24, 2.45) is 0 Å². The second-order valence-corrected chi connectivity index (χ2v) is 5.11. The summed E-state index contributed by atoms with van der Waals surface area (Å²) in [5, 5.41) is 15.6. The van der Waals surface area contributed by atoms with Gasteiger partial charge in [0, 0.05) is 5.56 Å². The van der Waals surface area contributed by atoms with E-state index in [4.69, 9.17) is 5.11 Å². The molecule has 0 atom stereocenters. The molecule has 1 heterocycles. The average Bonchev–Trinajstić information content (AvgIpc) is 2.87. The SMILES string of the molecule is CC(C)(NC(=O)Cn1cnc(-c2ccccc2)n1)C(=O)O. The zero-order valence-electron chi connectivity index (χ0n) is 11.8. The largest absolute Gasteiger partial charge is 0.480 e. The van der Waals surface area contributed by atoms with Crippen LogP contribution in [-0.2, 0) is 16.1 Å². The summed E-state index contributed by atoms with van der Waals surface area (Å²) >= 11 is 0. The Morgan fingerprint density at radius 1 is 1.29 bits per heavy atom. The van der Waals surface area contributed by atoms with Crippen molar-refractivity contribution in [2.45, 2.75) is 25.9 Å². The first kappa shape index (κ1) is 14.7. The molecule has 110 valence electrons. The van der Waals surface area contributed by atoms with E-state index in [0.717, 1.165) is 5.56 Å². The van der Waals surface area contributed by atoms with Gasteiger partial charge < -0.3 is 10.4 Å². The summed E-state index contributed by atoms with van der Waals surface area (Å²) in [5.74, 6) is -1.02. The first-order valence-electron chi connectivity index (χ1n) is 6.38. The molecular weight excluding hydrogens is 272 g/mol. The van der Waals surface area contributed by atoms with Gasteiger partial charge in [0.15, 0.2) is 5.82 Å². The number of nitrogens with one attached hydrogen (secondary N) is 1. The van der Waals surface area contributed by atoms with Crippen LogP contribution in [0, 0.1) is 0 Å². The number of nitrogens with zero attached hydrogens (tertiary/aromatic N) is 3. The van der Waals surface area contributed by atoms with E-state index in [9.17, 15) is 9.59 Å². The van der Waals surface area contributed by atoms with Crippen LogP contribution in [0.5, 0.6) is 0 Å². The van der Waals surface area contributed by atoms with E-state index < -0.39 is 17.4 Å². The number of carbonyl (C=O) groups excluding carboxylic acids is 1. The monoisotopic (exact) mass is 288 g/mol. The number of carbonyl (C=O) groups is 2. The minimum atomic E-state index is -1.32. The molecule has 0 saturated heterocycles. The van der Waals surface area contributed by atoms with Gasteiger partial charge in [-0.05, 0) is 13.8 Å². The highest BCUT2D eigenvalue weighted by Gasteiger charge is 2.28. The van der Waals surface area contributed by atoms with Crippen LogP contribution in [0.15, 0.2) is 36.7 Å². The third kappa shape index (κ3) is 3.65. The molecular formula is C14H16N4O3. The van der Waals surface area contributed by atoms with E-state index in [0.29, 0.717) is 5.82 Å². The van der Waals surface area contributed by atoms with E-state index in [2.05, 4.69) is 15.4 Å². The minimum absolute atomic E-state index is 0.0868. The van der Waals surface area contributed by atoms with Crippen molar-refractivity contribution in [1.82, 2.24) is 20.1 Å². The van der Waals surface area contributed by atoms with E-state index in [-0.39, 0.29) is 6.54 Å². The van der Waals surface area contributed by atoms with Gasteiger partial charge in [-0.25, -0.2) is 14.5 Å². The van der Waals surface area contributed by atoms with Crippen molar-refractivity contribution in [1.29, 1.82) is 0 Å². The van der Waals surface area contributed by atoms with Gasteiger partial charge in [0.25, 0.3) is 0 Å². The summed E-state index contributed by atoms with van der Waals surface area (Å²) < 4.78 is 1.37. The summed E-state index contributed by atoms with van der Waals surface area (Å²) in [5.41, 5.74) is -0.470. The topological polar surface area (TPSA) is 97.1 Å². The molecule has 2 rings (SSSR count). The van der Waals surface area contributed by atoms with Crippen molar-refractivity contribution in [3.8, 4) is 11.4 Å². The third-order valence-electron chi connectivity index (χ3n) is 2.86. The number of hydrogen-bond acceptors (Lipinski definition) is 4. The van der Waals surface area contributed by atoms with Crippen molar-refractivity contribution in [2.75, 3.05) is 0 Å². The van der Waals surface area contributed by atoms with Crippen LogP contribution < -0.4 is 5.32 Å². The van der Waals surface area contributed by atoms with E-state index in [1.807, 2.05) is 30.3 Å². The Bertz CT molecular complexity index is 649. The van der Waals surface area contributed by atoms with Crippen LogP contribution in [0.1, 0.15) is 13.8 Å². The lowest BCUT2D eigenvalue weighted by Crippen LogP contribution is -2.50. The third-order valence-corrected chi connectivity index (χ3v) is 2.86. The number of carboxylic acids is 1. The Balaban J connectivity index is 2.03. The molecule has 0 spiro atoms. The summed E-state index contributed by atoms with van der Waals surface area (Å²) in [6.45, 7) is 2.75. The lowest BCUT2D eigenvalue weighted by Gasteiger charge is -2.20. The number of carboxylic acid groups (broad SMARTS) is 1. The van der Waals surface area contributed by atoms with Gasteiger partial charge in [-0.2, -0.15) is 5.10 Å². The Hall–Kier alpha value is -2.70. The number of benzene rings is 1. The van der Waals surface area contributed by atoms with Gasteiger partial charge >= 0.3 is 5.97 Å². The molecule has 21 heavy (non-hydrogen) atoms. The molecule has 1 aromatic carbocycles. The van der Waals surface area contributed by atoms with Crippen molar-refractivity contribution in [3.05, 3.63) is 36.7 Å². The van der Waals surface area contributed by atoms with Gasteiger partial charge in [-0.15, -0.1) is 0 Å². The molecule has 0 aliphatic rings. The number of aliphatic carboxylic acids is 1. The molecule has 0 saturated carbocycles. The predicted octanol–water partition coefficient (Wildman–Crippen LogP) is 0.924. The van der Waals surface area contributed by atoms with Crippen molar-refractivity contribution < 1.29 is 14.7 Å². The normalized spacial score (nSPS) is 11.1. The molecule has 1 amide bonds. The second kappa shape index (κ2) is 5.74. The predicted molar refractivity (Wildman–Crippen MR) is 75.3 cm³/mol. The van der Waals surface area contributed by atoms with Crippen LogP contribution in [0.4, 0.5) is 0 Å². The van der Waals surface area contributed by atoms with Crippen LogP contribution in [0.25, 0.3) is 11.4 Å². The van der Waals surface area contributed by atoms with Crippen molar-refractivity contribution >= 4 is 11.9 Å². The van der Waals surface area contributed by atoms with E-state index >= 15 is 0 Å². The fourth-order valence-corrected chi connectivity index (χ4v) is 1.68. The van der Waals surface area contributed by atoms with E-state index in [1.54, 1.807) is 0 Å². The van der Waals surface area contributed by atoms with E-state index in [1.165, 1.54) is 24.9 Å². The lowest BCUT2D eigenvalue weighted by molar-refractivity contribution is -0.146. The van der Waals surface area contributed by atoms with Gasteiger partial charge in [0.1, 0.15) is 18.4 Å². The quantitative estimate of drug-likeness (QED) is 0.853. The molecule has 2 N–H and O–H groups in total. The van der Waals surface area contributed by atoms with Crippen LogP contribution >= 0.6 is 0 Å². The zero-order valence-corrected chi connectivity index (χ0v) is 11.8. The zero-order chi connectivity index (χ0) is 15.5. The highest BCUT2D eigenvalue weighted by atomic mass is 16.4. The van der Waals surface area contributed by atoms with Crippen LogP contribution in [0.3, 0.4) is 0 Å². The van der Waals surface area contributed by atoms with Gasteiger partial charge in [0.2, 0.25) is 5.91 Å². The second-order valence-electron chi connectivity index (χ2n) is 5.11. The molecule has 7 heteroatoms. The molecule has 1 aromatic heterocycles. The smallest absolute Gasteiger partial charge is 0.328 e. The molecule has 0 fully saturated rings. The first-order chi connectivity index (χ1) is 9.88. The van der Waals surface area contributed by atoms with Crippen LogP contribution in [-0.4, -0.2) is 37.3 Å². The highest BCUT2D eigenvalue weighted by Crippen LogP contribution is 2.12. The first-order valence-corrected chi connectivity index (χ1v) is 6.38. The summed E-state index contributed by atoms with van der Waals surface area (Å²) in [7, 11) is 0. The molecule has 0 aliphatic carbocycles. The fraction of sp³-hybridized carbons (Fsp3) is 0.286. The number of rotatable bonds is 5. The summed E-state index contributed by atoms with van der Waals surface area (Å²) in [6.07, 6.45) is 1.44. The number of aromatic nitrogens is 3. The van der Waals surface area contributed by atoms with Crippen molar-refractivity contribution in [3.63, 3.8) is 0 Å². The number of amides is 1. The Morgan fingerprint density at radius 3 is 2.57 bits per heavy atom. The molecule has 0 unspecified atom stereocenters. The molecule has 2 aromatic rings.